The van der Waals surface area contributed by atoms with E-state index in [9.17, 15) is 18.0 Å². The number of amides is 1. The number of anilines is 1. The lowest BCUT2D eigenvalue weighted by Gasteiger charge is -2.44. The van der Waals surface area contributed by atoms with Crippen molar-refractivity contribution >= 4 is 48.9 Å². The minimum atomic E-state index is -4.39. The summed E-state index contributed by atoms with van der Waals surface area (Å²) in [5, 5.41) is 3.51. The number of carbonyl (C=O) groups is 1. The van der Waals surface area contributed by atoms with E-state index in [1.165, 1.54) is 12.1 Å². The summed E-state index contributed by atoms with van der Waals surface area (Å²) in [5.41, 5.74) is -0.575. The highest BCUT2D eigenvalue weighted by molar-refractivity contribution is 5.86. The van der Waals surface area contributed by atoms with Gasteiger partial charge in [-0.15, -0.1) is 37.2 Å². The van der Waals surface area contributed by atoms with Crippen molar-refractivity contribution in [1.29, 1.82) is 0 Å². The Hall–Kier alpha value is -1.85. The van der Waals surface area contributed by atoms with Gasteiger partial charge in [0.05, 0.1) is 18.3 Å². The zero-order valence-electron chi connectivity index (χ0n) is 23.1. The first-order chi connectivity index (χ1) is 17.5. The van der Waals surface area contributed by atoms with Gasteiger partial charge in [0.15, 0.2) is 0 Å². The predicted molar refractivity (Wildman–Crippen MR) is 159 cm³/mol. The van der Waals surface area contributed by atoms with Crippen LogP contribution in [0.25, 0.3) is 0 Å². The molecular formula is C27H40Cl3F3N6O. The Kier molecular flexibility index (Phi) is 13.4. The summed E-state index contributed by atoms with van der Waals surface area (Å²) < 4.78 is 40.4. The maximum Gasteiger partial charge on any atom is 0.416 e. The van der Waals surface area contributed by atoms with Crippen LogP contribution < -0.4 is 10.2 Å². The Morgan fingerprint density at radius 3 is 2.17 bits per heavy atom. The van der Waals surface area contributed by atoms with Gasteiger partial charge in [0.1, 0.15) is 5.82 Å². The first-order valence-electron chi connectivity index (χ1n) is 12.9. The second-order valence-electron chi connectivity index (χ2n) is 11.2. The topological polar surface area (TPSA) is 64.6 Å². The number of nitrogens with one attached hydrogen (secondary N) is 1. The molecule has 40 heavy (non-hydrogen) atoms. The summed E-state index contributed by atoms with van der Waals surface area (Å²) in [4.78, 5) is 27.8. The van der Waals surface area contributed by atoms with E-state index in [1.54, 1.807) is 24.7 Å². The number of hydrogen-bond donors (Lipinski definition) is 1. The Morgan fingerprint density at radius 1 is 0.975 bits per heavy atom. The number of carbonyl (C=O) groups excluding carboxylic acids is 1. The molecule has 2 saturated heterocycles. The molecule has 0 aliphatic carbocycles. The van der Waals surface area contributed by atoms with Crippen molar-refractivity contribution < 1.29 is 18.0 Å². The highest BCUT2D eigenvalue weighted by Gasteiger charge is 2.40. The van der Waals surface area contributed by atoms with E-state index in [1.807, 2.05) is 4.90 Å². The summed E-state index contributed by atoms with van der Waals surface area (Å²) in [6, 6.07) is 5.71. The van der Waals surface area contributed by atoms with E-state index in [0.29, 0.717) is 44.6 Å². The largest absolute Gasteiger partial charge is 0.416 e. The Morgan fingerprint density at radius 2 is 1.62 bits per heavy atom. The summed E-state index contributed by atoms with van der Waals surface area (Å²) in [6.07, 6.45) is 1.92. The van der Waals surface area contributed by atoms with E-state index in [4.69, 9.17) is 0 Å². The number of rotatable bonds is 6. The molecule has 1 N–H and O–H groups in total. The standard InChI is InChI=1S/C27H37F3N6O.3ClH/c1-25(2,3)33-20-26(21-5-4-6-22(17-21)27(28,29)30)7-11-36(12-8-26)24(37)19-34-13-15-35(16-14-34)23-18-31-9-10-32-23;;;/h4-6,9-10,17-18,33H,7-8,11-16,19-20H2,1-3H3;3*1H. The van der Waals surface area contributed by atoms with Crippen molar-refractivity contribution in [2.75, 3.05) is 57.3 Å². The van der Waals surface area contributed by atoms with E-state index >= 15 is 0 Å². The molecular weight excluding hydrogens is 588 g/mol. The maximum atomic E-state index is 13.5. The van der Waals surface area contributed by atoms with Crippen LogP contribution in [0, 0.1) is 0 Å². The molecule has 0 atom stereocenters. The SMILES string of the molecule is CC(C)(C)NCC1(c2cccc(C(F)(F)F)c2)CCN(C(=O)CN2CCN(c3cnccn3)CC2)CC1.Cl.Cl.Cl. The van der Waals surface area contributed by atoms with E-state index in [-0.39, 0.29) is 48.7 Å². The van der Waals surface area contributed by atoms with E-state index < -0.39 is 17.2 Å². The molecule has 0 unspecified atom stereocenters. The number of hydrogen-bond acceptors (Lipinski definition) is 6. The molecule has 2 aliphatic rings. The monoisotopic (exact) mass is 626 g/mol. The zero-order chi connectivity index (χ0) is 26.7. The van der Waals surface area contributed by atoms with Crippen LogP contribution in [-0.4, -0.2) is 83.6 Å². The number of benzene rings is 1. The van der Waals surface area contributed by atoms with Crippen LogP contribution >= 0.6 is 37.2 Å². The maximum absolute atomic E-state index is 13.5. The smallest absolute Gasteiger partial charge is 0.353 e. The lowest BCUT2D eigenvalue weighted by Crippen LogP contribution is -2.55. The molecule has 0 saturated carbocycles. The molecule has 2 fully saturated rings. The van der Waals surface area contributed by atoms with Crippen molar-refractivity contribution in [2.24, 2.45) is 0 Å². The highest BCUT2D eigenvalue weighted by Crippen LogP contribution is 2.38. The second kappa shape index (κ2) is 14.9. The van der Waals surface area contributed by atoms with E-state index in [0.717, 1.165) is 38.1 Å². The molecule has 1 aromatic heterocycles. The lowest BCUT2D eigenvalue weighted by molar-refractivity contribution is -0.137. The van der Waals surface area contributed by atoms with Crippen molar-refractivity contribution in [3.8, 4) is 0 Å². The van der Waals surface area contributed by atoms with Gasteiger partial charge in [-0.1, -0.05) is 18.2 Å². The molecule has 4 rings (SSSR count). The van der Waals surface area contributed by atoms with Gasteiger partial charge in [0.25, 0.3) is 0 Å². The lowest BCUT2D eigenvalue weighted by atomic mass is 9.72. The molecule has 2 aromatic rings. The minimum Gasteiger partial charge on any atom is -0.353 e. The highest BCUT2D eigenvalue weighted by atomic mass is 35.5. The summed E-state index contributed by atoms with van der Waals surface area (Å²) in [6.45, 7) is 11.2. The van der Waals surface area contributed by atoms with Crippen LogP contribution in [0.5, 0.6) is 0 Å². The zero-order valence-corrected chi connectivity index (χ0v) is 25.6. The van der Waals surface area contributed by atoms with Crippen LogP contribution in [0.3, 0.4) is 0 Å². The van der Waals surface area contributed by atoms with Gasteiger partial charge in [-0.25, -0.2) is 4.98 Å². The number of likely N-dealkylation sites (tertiary alicyclic amines) is 1. The van der Waals surface area contributed by atoms with Crippen LogP contribution in [-0.2, 0) is 16.4 Å². The molecule has 13 heteroatoms. The quantitative estimate of drug-likeness (QED) is 0.495. The number of nitrogens with zero attached hydrogens (tertiary/aromatic N) is 5. The van der Waals surface area contributed by atoms with Crippen molar-refractivity contribution in [3.05, 3.63) is 54.0 Å². The van der Waals surface area contributed by atoms with Gasteiger partial charge < -0.3 is 15.1 Å². The molecule has 226 valence electrons. The van der Waals surface area contributed by atoms with Gasteiger partial charge in [0.2, 0.25) is 5.91 Å². The first kappa shape index (κ1) is 36.2. The predicted octanol–water partition coefficient (Wildman–Crippen LogP) is 4.83. The number of piperidine rings is 1. The summed E-state index contributed by atoms with van der Waals surface area (Å²) in [7, 11) is 0. The van der Waals surface area contributed by atoms with Crippen LogP contribution in [0.1, 0.15) is 44.7 Å². The number of halogens is 6. The van der Waals surface area contributed by atoms with Gasteiger partial charge in [-0.05, 0) is 45.2 Å². The molecule has 2 aliphatic heterocycles. The fraction of sp³-hybridized carbons (Fsp3) is 0.593. The van der Waals surface area contributed by atoms with E-state index in [2.05, 4.69) is 45.9 Å². The number of piperazine rings is 1. The molecule has 7 nitrogen and oxygen atoms in total. The second-order valence-corrected chi connectivity index (χ2v) is 11.2. The Bertz CT molecular complexity index is 1060. The number of alkyl halides is 3. The third kappa shape index (κ3) is 9.34. The third-order valence-electron chi connectivity index (χ3n) is 7.44. The Balaban J connectivity index is 0.00000267. The minimum absolute atomic E-state index is 0. The van der Waals surface area contributed by atoms with Crippen molar-refractivity contribution in [3.63, 3.8) is 0 Å². The number of aromatic nitrogens is 2. The van der Waals surface area contributed by atoms with Gasteiger partial charge in [-0.3, -0.25) is 14.7 Å². The Labute approximate surface area is 253 Å². The summed E-state index contributed by atoms with van der Waals surface area (Å²) >= 11 is 0. The van der Waals surface area contributed by atoms with Gasteiger partial charge in [0, 0.05) is 69.2 Å². The van der Waals surface area contributed by atoms with Crippen LogP contribution in [0.15, 0.2) is 42.9 Å². The third-order valence-corrected chi connectivity index (χ3v) is 7.44. The molecule has 0 bridgehead atoms. The van der Waals surface area contributed by atoms with Gasteiger partial charge >= 0.3 is 6.18 Å². The molecule has 3 heterocycles. The fourth-order valence-electron chi connectivity index (χ4n) is 5.09. The molecule has 0 spiro atoms. The molecule has 1 amide bonds. The van der Waals surface area contributed by atoms with Crippen molar-refractivity contribution in [1.82, 2.24) is 25.1 Å². The van der Waals surface area contributed by atoms with Gasteiger partial charge in [-0.2, -0.15) is 13.2 Å². The first-order valence-corrected chi connectivity index (χ1v) is 12.9. The molecule has 0 radical (unpaired) electrons. The normalized spacial score (nSPS) is 17.8. The van der Waals surface area contributed by atoms with Crippen LogP contribution in [0.4, 0.5) is 19.0 Å². The summed E-state index contributed by atoms with van der Waals surface area (Å²) in [5.74, 6) is 0.925. The van der Waals surface area contributed by atoms with Crippen molar-refractivity contribution in [2.45, 2.75) is 50.7 Å². The van der Waals surface area contributed by atoms with Crippen LogP contribution in [0.2, 0.25) is 0 Å². The average molecular weight is 628 g/mol. The fourth-order valence-corrected chi connectivity index (χ4v) is 5.09. The molecule has 1 aromatic carbocycles. The average Bonchev–Trinajstić information content (AvgIpc) is 2.88.